The molecule has 0 amide bonds. The molecular formula is C24H22N2O5S. The van der Waals surface area contributed by atoms with Crippen molar-refractivity contribution in [2.24, 2.45) is 0 Å². The molecule has 0 aliphatic heterocycles. The maximum Gasteiger partial charge on any atom is 0.331 e. The van der Waals surface area contributed by atoms with Crippen LogP contribution in [0.5, 0.6) is 11.5 Å². The summed E-state index contributed by atoms with van der Waals surface area (Å²) in [5, 5.41) is 1.75. The minimum atomic E-state index is -0.495. The van der Waals surface area contributed by atoms with Crippen LogP contribution in [0.1, 0.15) is 15.9 Å². The predicted octanol–water partition coefficient (Wildman–Crippen LogP) is 3.37. The molecule has 4 rings (SSSR count). The molecule has 0 saturated heterocycles. The standard InChI is InChI=1S/C24H22N2O5S/c1-30-20-9-8-17(14-21(20)31-2)19(27)15-26-18-11-13-32-22(18)23(28)25(24(26)29)12-10-16-6-4-3-5-7-16/h3-9,11,13-14H,10,12,15H2,1-2H3. The van der Waals surface area contributed by atoms with Gasteiger partial charge in [0.25, 0.3) is 5.56 Å². The fraction of sp³-hybridized carbons (Fsp3) is 0.208. The normalized spacial score (nSPS) is 10.9. The molecular weight excluding hydrogens is 428 g/mol. The second-order valence-corrected chi connectivity index (χ2v) is 8.11. The number of fused-ring (bicyclic) bond motifs is 1. The second kappa shape index (κ2) is 9.23. The highest BCUT2D eigenvalue weighted by molar-refractivity contribution is 7.17. The van der Waals surface area contributed by atoms with Crippen LogP contribution in [-0.4, -0.2) is 29.1 Å². The summed E-state index contributed by atoms with van der Waals surface area (Å²) >= 11 is 1.27. The Morgan fingerprint density at radius 2 is 1.69 bits per heavy atom. The Bertz CT molecular complexity index is 1390. The molecule has 0 aliphatic rings. The molecule has 4 aromatic rings. The molecule has 2 aromatic heterocycles. The van der Waals surface area contributed by atoms with E-state index in [4.69, 9.17) is 9.47 Å². The largest absolute Gasteiger partial charge is 0.493 e. The number of hydrogen-bond acceptors (Lipinski definition) is 6. The van der Waals surface area contributed by atoms with Crippen molar-refractivity contribution < 1.29 is 14.3 Å². The van der Waals surface area contributed by atoms with Gasteiger partial charge in [-0.1, -0.05) is 30.3 Å². The van der Waals surface area contributed by atoms with Gasteiger partial charge in [0.1, 0.15) is 4.70 Å². The third kappa shape index (κ3) is 4.09. The smallest absolute Gasteiger partial charge is 0.331 e. The lowest BCUT2D eigenvalue weighted by atomic mass is 10.1. The van der Waals surface area contributed by atoms with Gasteiger partial charge >= 0.3 is 5.69 Å². The van der Waals surface area contributed by atoms with Gasteiger partial charge in [0.15, 0.2) is 17.3 Å². The minimum absolute atomic E-state index is 0.187. The van der Waals surface area contributed by atoms with E-state index in [0.717, 1.165) is 5.56 Å². The number of nitrogens with zero attached hydrogens (tertiary/aromatic N) is 2. The highest BCUT2D eigenvalue weighted by atomic mass is 32.1. The molecule has 0 spiro atoms. The second-order valence-electron chi connectivity index (χ2n) is 7.19. The molecule has 32 heavy (non-hydrogen) atoms. The summed E-state index contributed by atoms with van der Waals surface area (Å²) in [6, 6.07) is 16.2. The van der Waals surface area contributed by atoms with Crippen molar-refractivity contribution in [3.63, 3.8) is 0 Å². The van der Waals surface area contributed by atoms with E-state index in [1.54, 1.807) is 29.6 Å². The van der Waals surface area contributed by atoms with Gasteiger partial charge in [-0.25, -0.2) is 4.79 Å². The molecule has 0 radical (unpaired) electrons. The zero-order chi connectivity index (χ0) is 22.7. The Labute approximate surface area is 188 Å². The van der Waals surface area contributed by atoms with Crippen LogP contribution in [0.4, 0.5) is 0 Å². The Morgan fingerprint density at radius 1 is 0.938 bits per heavy atom. The van der Waals surface area contributed by atoms with Crippen molar-refractivity contribution >= 4 is 27.3 Å². The van der Waals surface area contributed by atoms with E-state index in [1.165, 1.54) is 34.7 Å². The highest BCUT2D eigenvalue weighted by Gasteiger charge is 2.18. The Kier molecular flexibility index (Phi) is 6.23. The summed E-state index contributed by atoms with van der Waals surface area (Å²) in [6.07, 6.45) is 0.538. The third-order valence-corrected chi connectivity index (χ3v) is 6.20. The molecule has 7 nitrogen and oxygen atoms in total. The number of carbonyl (C=O) groups excluding carboxylic acids is 1. The molecule has 0 aliphatic carbocycles. The van der Waals surface area contributed by atoms with Crippen LogP contribution < -0.4 is 20.7 Å². The van der Waals surface area contributed by atoms with Crippen LogP contribution in [0.15, 0.2) is 69.6 Å². The third-order valence-electron chi connectivity index (χ3n) is 5.31. The summed E-state index contributed by atoms with van der Waals surface area (Å²) in [5.74, 6) is 0.670. The van der Waals surface area contributed by atoms with Crippen molar-refractivity contribution in [1.82, 2.24) is 9.13 Å². The fourth-order valence-corrected chi connectivity index (χ4v) is 4.46. The van der Waals surface area contributed by atoms with Crippen molar-refractivity contribution in [3.05, 3.63) is 91.9 Å². The van der Waals surface area contributed by atoms with Crippen LogP contribution in [0.25, 0.3) is 10.2 Å². The van der Waals surface area contributed by atoms with Crippen LogP contribution >= 0.6 is 11.3 Å². The summed E-state index contributed by atoms with van der Waals surface area (Å²) in [4.78, 5) is 39.2. The summed E-state index contributed by atoms with van der Waals surface area (Å²) < 4.78 is 13.5. The predicted molar refractivity (Wildman–Crippen MR) is 124 cm³/mol. The summed E-state index contributed by atoms with van der Waals surface area (Å²) in [7, 11) is 3.01. The Hall–Kier alpha value is -3.65. The SMILES string of the molecule is COc1ccc(C(=O)Cn2c(=O)n(CCc3ccccc3)c(=O)c3sccc32)cc1OC. The zero-order valence-corrected chi connectivity index (χ0v) is 18.6. The lowest BCUT2D eigenvalue weighted by Gasteiger charge is -2.13. The molecule has 0 saturated carbocycles. The lowest BCUT2D eigenvalue weighted by Crippen LogP contribution is -2.41. The van der Waals surface area contributed by atoms with Crippen molar-refractivity contribution in [3.8, 4) is 11.5 Å². The van der Waals surface area contributed by atoms with E-state index >= 15 is 0 Å². The molecule has 2 aromatic carbocycles. The number of rotatable bonds is 8. The monoisotopic (exact) mass is 450 g/mol. The first-order chi connectivity index (χ1) is 15.5. The Balaban J connectivity index is 1.71. The van der Waals surface area contributed by atoms with Gasteiger partial charge in [0, 0.05) is 12.1 Å². The van der Waals surface area contributed by atoms with Crippen LogP contribution in [0, 0.1) is 0 Å². The molecule has 0 fully saturated rings. The van der Waals surface area contributed by atoms with Gasteiger partial charge in [-0.2, -0.15) is 0 Å². The van der Waals surface area contributed by atoms with Crippen LogP contribution in [-0.2, 0) is 19.5 Å². The van der Waals surface area contributed by atoms with Crippen LogP contribution in [0.3, 0.4) is 0 Å². The van der Waals surface area contributed by atoms with Gasteiger partial charge in [-0.05, 0) is 41.6 Å². The first kappa shape index (κ1) is 21.6. The average Bonchev–Trinajstić information content (AvgIpc) is 3.32. The number of ether oxygens (including phenoxy) is 2. The minimum Gasteiger partial charge on any atom is -0.493 e. The molecule has 164 valence electrons. The summed E-state index contributed by atoms with van der Waals surface area (Å²) in [6.45, 7) is 0.0488. The molecule has 0 atom stereocenters. The van der Waals surface area contributed by atoms with E-state index < -0.39 is 5.69 Å². The van der Waals surface area contributed by atoms with E-state index in [0.29, 0.717) is 33.7 Å². The molecule has 0 bridgehead atoms. The summed E-state index contributed by atoms with van der Waals surface area (Å²) in [5.41, 5.74) is 1.06. The first-order valence-corrected chi connectivity index (χ1v) is 10.9. The van der Waals surface area contributed by atoms with Crippen molar-refractivity contribution in [2.75, 3.05) is 14.2 Å². The molecule has 0 unspecified atom stereocenters. The number of Topliss-reactive ketones (excluding diaryl/α,β-unsaturated/α-hetero) is 1. The van der Waals surface area contributed by atoms with Gasteiger partial charge in [0.05, 0.1) is 26.3 Å². The average molecular weight is 451 g/mol. The Morgan fingerprint density at radius 3 is 2.41 bits per heavy atom. The van der Waals surface area contributed by atoms with E-state index in [9.17, 15) is 14.4 Å². The first-order valence-electron chi connectivity index (χ1n) is 10.0. The molecule has 2 heterocycles. The molecule has 0 N–H and O–H groups in total. The maximum atomic E-state index is 13.2. The number of methoxy groups -OCH3 is 2. The fourth-order valence-electron chi connectivity index (χ4n) is 3.61. The zero-order valence-electron chi connectivity index (χ0n) is 17.7. The quantitative estimate of drug-likeness (QED) is 0.385. The van der Waals surface area contributed by atoms with Gasteiger partial charge in [-0.3, -0.25) is 18.7 Å². The van der Waals surface area contributed by atoms with Crippen molar-refractivity contribution in [1.29, 1.82) is 0 Å². The van der Waals surface area contributed by atoms with Crippen molar-refractivity contribution in [2.45, 2.75) is 19.5 Å². The van der Waals surface area contributed by atoms with Crippen LogP contribution in [0.2, 0.25) is 0 Å². The van der Waals surface area contributed by atoms with Gasteiger partial charge in [0.2, 0.25) is 0 Å². The van der Waals surface area contributed by atoms with E-state index in [2.05, 4.69) is 0 Å². The molecule has 8 heteroatoms. The number of thiophene rings is 1. The lowest BCUT2D eigenvalue weighted by molar-refractivity contribution is 0.0971. The maximum absolute atomic E-state index is 13.2. The van der Waals surface area contributed by atoms with E-state index in [1.807, 2.05) is 30.3 Å². The van der Waals surface area contributed by atoms with E-state index in [-0.39, 0.29) is 24.4 Å². The number of carbonyl (C=O) groups is 1. The van der Waals surface area contributed by atoms with Gasteiger partial charge < -0.3 is 9.47 Å². The number of aromatic nitrogens is 2. The highest BCUT2D eigenvalue weighted by Crippen LogP contribution is 2.28. The number of hydrogen-bond donors (Lipinski definition) is 0. The number of benzene rings is 2. The number of aryl methyl sites for hydroxylation is 1. The van der Waals surface area contributed by atoms with Gasteiger partial charge in [-0.15, -0.1) is 11.3 Å². The number of ketones is 1. The topological polar surface area (TPSA) is 79.5 Å².